The summed E-state index contributed by atoms with van der Waals surface area (Å²) in [4.78, 5) is 0. The first-order valence-electron chi connectivity index (χ1n) is 4.60. The summed E-state index contributed by atoms with van der Waals surface area (Å²) >= 11 is 5.34. The second kappa shape index (κ2) is 6.41. The molecule has 0 aliphatic rings. The van der Waals surface area contributed by atoms with Crippen molar-refractivity contribution in [2.45, 2.75) is 33.3 Å². The summed E-state index contributed by atoms with van der Waals surface area (Å²) in [7, 11) is 0. The van der Waals surface area contributed by atoms with Crippen molar-refractivity contribution in [1.82, 2.24) is 5.32 Å². The van der Waals surface area contributed by atoms with Crippen LogP contribution in [0, 0.1) is 5.41 Å². The Hall–Kier alpha value is -0.0500. The minimum absolute atomic E-state index is 0.184. The lowest BCUT2D eigenvalue weighted by molar-refractivity contribution is 0.121. The predicted molar refractivity (Wildman–Crippen MR) is 57.9 cm³/mol. The summed E-state index contributed by atoms with van der Waals surface area (Å²) in [5.41, 5.74) is 1.66. The first-order chi connectivity index (χ1) is 5.95. The topological polar surface area (TPSA) is 32.3 Å². The van der Waals surface area contributed by atoms with E-state index in [4.69, 9.17) is 11.6 Å². The van der Waals surface area contributed by atoms with E-state index >= 15 is 0 Å². The third-order valence-corrected chi connectivity index (χ3v) is 1.76. The molecule has 0 fully saturated rings. The Balaban J connectivity index is 3.46. The number of halogens is 1. The molecular weight excluding hydrogens is 186 g/mol. The highest BCUT2D eigenvalue weighted by atomic mass is 35.5. The minimum atomic E-state index is -0.274. The Bertz CT molecular complexity index is 151. The van der Waals surface area contributed by atoms with Crippen LogP contribution < -0.4 is 5.32 Å². The van der Waals surface area contributed by atoms with Crippen LogP contribution in [0.25, 0.3) is 0 Å². The largest absolute Gasteiger partial charge is 0.392 e. The smallest absolute Gasteiger partial charge is 0.0669 e. The van der Waals surface area contributed by atoms with Gasteiger partial charge < -0.3 is 10.4 Å². The van der Waals surface area contributed by atoms with E-state index in [0.717, 1.165) is 6.42 Å². The standard InChI is InChI=1S/C10H20ClNO/c1-10(2,3)7-9(13)8-12-6-4-5-11/h4-5,9,12-13H,6-8H2,1-3H3/b5-4+. The quantitative estimate of drug-likeness (QED) is 0.674. The van der Waals surface area contributed by atoms with Crippen molar-refractivity contribution < 1.29 is 5.11 Å². The van der Waals surface area contributed by atoms with Crippen LogP contribution in [-0.2, 0) is 0 Å². The fourth-order valence-corrected chi connectivity index (χ4v) is 1.25. The molecule has 13 heavy (non-hydrogen) atoms. The molecule has 78 valence electrons. The molecule has 0 spiro atoms. The molecule has 0 saturated heterocycles. The zero-order chi connectivity index (χ0) is 10.3. The van der Waals surface area contributed by atoms with Crippen molar-refractivity contribution in [1.29, 1.82) is 0 Å². The highest BCUT2D eigenvalue weighted by molar-refractivity contribution is 6.25. The van der Waals surface area contributed by atoms with Crippen LogP contribution in [0.4, 0.5) is 0 Å². The summed E-state index contributed by atoms with van der Waals surface area (Å²) in [5, 5.41) is 12.7. The van der Waals surface area contributed by atoms with Gasteiger partial charge >= 0.3 is 0 Å². The van der Waals surface area contributed by atoms with E-state index in [9.17, 15) is 5.11 Å². The van der Waals surface area contributed by atoms with Gasteiger partial charge in [0.05, 0.1) is 6.10 Å². The van der Waals surface area contributed by atoms with Gasteiger partial charge in [0, 0.05) is 18.6 Å². The highest BCUT2D eigenvalue weighted by Crippen LogP contribution is 2.20. The van der Waals surface area contributed by atoms with Gasteiger partial charge in [-0.15, -0.1) is 0 Å². The van der Waals surface area contributed by atoms with Crippen LogP contribution in [0.15, 0.2) is 11.6 Å². The van der Waals surface area contributed by atoms with Crippen LogP contribution in [0.5, 0.6) is 0 Å². The van der Waals surface area contributed by atoms with Gasteiger partial charge in [-0.05, 0) is 11.8 Å². The van der Waals surface area contributed by atoms with E-state index in [1.54, 1.807) is 0 Å². The van der Waals surface area contributed by atoms with Gasteiger partial charge in [0.15, 0.2) is 0 Å². The van der Waals surface area contributed by atoms with Crippen LogP contribution in [0.3, 0.4) is 0 Å². The molecule has 0 rings (SSSR count). The van der Waals surface area contributed by atoms with Gasteiger partial charge in [0.1, 0.15) is 0 Å². The Morgan fingerprint density at radius 2 is 2.08 bits per heavy atom. The molecule has 0 aromatic heterocycles. The van der Waals surface area contributed by atoms with Gasteiger partial charge in [-0.3, -0.25) is 0 Å². The summed E-state index contributed by atoms with van der Waals surface area (Å²) in [6.07, 6.45) is 2.35. The maximum Gasteiger partial charge on any atom is 0.0669 e. The molecule has 0 bridgehead atoms. The monoisotopic (exact) mass is 205 g/mol. The van der Waals surface area contributed by atoms with Crippen LogP contribution in [0.2, 0.25) is 0 Å². The van der Waals surface area contributed by atoms with Crippen LogP contribution in [0.1, 0.15) is 27.2 Å². The molecule has 0 aliphatic heterocycles. The molecule has 0 aliphatic carbocycles. The maximum absolute atomic E-state index is 9.56. The van der Waals surface area contributed by atoms with Gasteiger partial charge in [-0.2, -0.15) is 0 Å². The highest BCUT2D eigenvalue weighted by Gasteiger charge is 2.15. The van der Waals surface area contributed by atoms with Crippen molar-refractivity contribution in [2.75, 3.05) is 13.1 Å². The third-order valence-electron chi connectivity index (χ3n) is 1.58. The number of rotatable bonds is 5. The van der Waals surface area contributed by atoms with Gasteiger partial charge in [-0.25, -0.2) is 0 Å². The molecule has 2 nitrogen and oxygen atoms in total. The van der Waals surface area contributed by atoms with E-state index < -0.39 is 0 Å². The number of nitrogens with one attached hydrogen (secondary N) is 1. The Morgan fingerprint density at radius 1 is 1.46 bits per heavy atom. The zero-order valence-electron chi connectivity index (χ0n) is 8.68. The Kier molecular flexibility index (Phi) is 6.39. The Morgan fingerprint density at radius 3 is 2.54 bits per heavy atom. The molecule has 0 heterocycles. The lowest BCUT2D eigenvalue weighted by Crippen LogP contribution is -2.30. The van der Waals surface area contributed by atoms with Crippen molar-refractivity contribution in [3.05, 3.63) is 11.6 Å². The second-order valence-electron chi connectivity index (χ2n) is 4.44. The second-order valence-corrected chi connectivity index (χ2v) is 4.69. The van der Waals surface area contributed by atoms with Crippen molar-refractivity contribution in [3.8, 4) is 0 Å². The maximum atomic E-state index is 9.56. The van der Waals surface area contributed by atoms with E-state index in [-0.39, 0.29) is 11.5 Å². The van der Waals surface area contributed by atoms with Crippen LogP contribution >= 0.6 is 11.6 Å². The average molecular weight is 206 g/mol. The van der Waals surface area contributed by atoms with Crippen molar-refractivity contribution >= 4 is 11.6 Å². The molecule has 3 heteroatoms. The summed E-state index contributed by atoms with van der Waals surface area (Å²) in [5.74, 6) is 0. The van der Waals surface area contributed by atoms with E-state index in [0.29, 0.717) is 13.1 Å². The first-order valence-corrected chi connectivity index (χ1v) is 5.03. The fourth-order valence-electron chi connectivity index (χ4n) is 1.16. The van der Waals surface area contributed by atoms with Crippen LogP contribution in [-0.4, -0.2) is 24.3 Å². The third kappa shape index (κ3) is 9.87. The molecule has 0 saturated carbocycles. The lowest BCUT2D eigenvalue weighted by Gasteiger charge is -2.22. The molecule has 1 atom stereocenters. The normalized spacial score (nSPS) is 15.2. The summed E-state index contributed by atoms with van der Waals surface area (Å²) < 4.78 is 0. The van der Waals surface area contributed by atoms with Gasteiger partial charge in [-0.1, -0.05) is 38.4 Å². The van der Waals surface area contributed by atoms with Gasteiger partial charge in [0.25, 0.3) is 0 Å². The fraction of sp³-hybridized carbons (Fsp3) is 0.800. The SMILES string of the molecule is CC(C)(C)CC(O)CNC/C=C/Cl. The summed E-state index contributed by atoms with van der Waals surface area (Å²) in [6.45, 7) is 7.70. The molecule has 0 amide bonds. The minimum Gasteiger partial charge on any atom is -0.392 e. The number of hydrogen-bond donors (Lipinski definition) is 2. The first kappa shape index (κ1) is 12.9. The molecule has 0 aromatic rings. The molecular formula is C10H20ClNO. The van der Waals surface area contributed by atoms with E-state index in [2.05, 4.69) is 26.1 Å². The zero-order valence-corrected chi connectivity index (χ0v) is 9.43. The average Bonchev–Trinajstić information content (AvgIpc) is 1.94. The lowest BCUT2D eigenvalue weighted by atomic mass is 9.89. The molecule has 2 N–H and O–H groups in total. The molecule has 0 radical (unpaired) electrons. The van der Waals surface area contributed by atoms with E-state index in [1.807, 2.05) is 6.08 Å². The summed E-state index contributed by atoms with van der Waals surface area (Å²) in [6, 6.07) is 0. The van der Waals surface area contributed by atoms with Gasteiger partial charge in [0.2, 0.25) is 0 Å². The molecule has 1 unspecified atom stereocenters. The van der Waals surface area contributed by atoms with E-state index in [1.165, 1.54) is 5.54 Å². The number of hydrogen-bond acceptors (Lipinski definition) is 2. The number of aliphatic hydroxyl groups excluding tert-OH is 1. The van der Waals surface area contributed by atoms with Crippen molar-refractivity contribution in [3.63, 3.8) is 0 Å². The molecule has 0 aromatic carbocycles. The number of aliphatic hydroxyl groups is 1. The van der Waals surface area contributed by atoms with Crippen molar-refractivity contribution in [2.24, 2.45) is 5.41 Å². The Labute approximate surface area is 86.0 Å². The predicted octanol–water partition coefficient (Wildman–Crippen LogP) is 2.13.